The van der Waals surface area contributed by atoms with Crippen molar-refractivity contribution in [3.8, 4) is 11.5 Å². The molecule has 2 rings (SSSR count). The summed E-state index contributed by atoms with van der Waals surface area (Å²) in [4.78, 5) is 15.3. The fourth-order valence-corrected chi connectivity index (χ4v) is 1.78. The van der Waals surface area contributed by atoms with Crippen LogP contribution < -0.4 is 9.47 Å². The van der Waals surface area contributed by atoms with Gasteiger partial charge >= 0.3 is 0 Å². The average Bonchev–Trinajstić information content (AvgIpc) is 2.36. The number of aryl methyl sites for hydroxylation is 1. The highest BCUT2D eigenvalue weighted by atomic mass is 16.5. The van der Waals surface area contributed by atoms with Crippen LogP contribution in [0, 0.1) is 6.92 Å². The Morgan fingerprint density at radius 2 is 1.82 bits per heavy atom. The third-order valence-corrected chi connectivity index (χ3v) is 2.70. The quantitative estimate of drug-likeness (QED) is 0.761. The van der Waals surface area contributed by atoms with E-state index < -0.39 is 0 Å². The molecule has 0 spiro atoms. The number of fused-ring (bicyclic) bond motifs is 1. The van der Waals surface area contributed by atoms with Crippen LogP contribution in [0.2, 0.25) is 0 Å². The SMILES string of the molecule is COc1ccc(OC)c2nc(C)c(C=O)cc12. The van der Waals surface area contributed by atoms with Crippen molar-refractivity contribution in [2.45, 2.75) is 6.92 Å². The summed E-state index contributed by atoms with van der Waals surface area (Å²) in [6.45, 7) is 1.79. The Morgan fingerprint density at radius 1 is 1.18 bits per heavy atom. The molecule has 0 aliphatic heterocycles. The van der Waals surface area contributed by atoms with E-state index in [1.54, 1.807) is 39.3 Å². The molecule has 0 aliphatic carbocycles. The number of rotatable bonds is 3. The van der Waals surface area contributed by atoms with Gasteiger partial charge in [-0.2, -0.15) is 0 Å². The molecule has 0 aliphatic rings. The number of ether oxygens (including phenoxy) is 2. The summed E-state index contributed by atoms with van der Waals surface area (Å²) in [6, 6.07) is 5.37. The number of carbonyl (C=O) groups excluding carboxylic acids is 1. The molecule has 0 unspecified atom stereocenters. The summed E-state index contributed by atoms with van der Waals surface area (Å²) < 4.78 is 10.5. The lowest BCUT2D eigenvalue weighted by molar-refractivity contribution is 0.112. The smallest absolute Gasteiger partial charge is 0.151 e. The van der Waals surface area contributed by atoms with Crippen LogP contribution in [0.5, 0.6) is 11.5 Å². The van der Waals surface area contributed by atoms with Gasteiger partial charge in [0.2, 0.25) is 0 Å². The van der Waals surface area contributed by atoms with Gasteiger partial charge < -0.3 is 9.47 Å². The topological polar surface area (TPSA) is 48.4 Å². The Labute approximate surface area is 99.2 Å². The lowest BCUT2D eigenvalue weighted by atomic mass is 10.1. The van der Waals surface area contributed by atoms with Crippen LogP contribution in [0.4, 0.5) is 0 Å². The van der Waals surface area contributed by atoms with Crippen LogP contribution in [0.25, 0.3) is 10.9 Å². The van der Waals surface area contributed by atoms with E-state index in [2.05, 4.69) is 4.98 Å². The summed E-state index contributed by atoms with van der Waals surface area (Å²) in [5.41, 5.74) is 1.94. The van der Waals surface area contributed by atoms with E-state index in [0.29, 0.717) is 28.3 Å². The van der Waals surface area contributed by atoms with Gasteiger partial charge in [-0.25, -0.2) is 4.98 Å². The predicted molar refractivity (Wildman–Crippen MR) is 65.0 cm³/mol. The van der Waals surface area contributed by atoms with E-state index in [9.17, 15) is 4.79 Å². The standard InChI is InChI=1S/C13H13NO3/c1-8-9(7-15)6-10-11(16-2)4-5-12(17-3)13(10)14-8/h4-7H,1-3H3. The average molecular weight is 231 g/mol. The molecule has 4 nitrogen and oxygen atoms in total. The van der Waals surface area contributed by atoms with Crippen molar-refractivity contribution >= 4 is 17.2 Å². The van der Waals surface area contributed by atoms with Gasteiger partial charge in [-0.3, -0.25) is 4.79 Å². The Morgan fingerprint density at radius 3 is 2.41 bits per heavy atom. The largest absolute Gasteiger partial charge is 0.496 e. The van der Waals surface area contributed by atoms with Crippen molar-refractivity contribution in [1.82, 2.24) is 4.98 Å². The summed E-state index contributed by atoms with van der Waals surface area (Å²) in [5.74, 6) is 1.35. The molecule has 0 amide bonds. The zero-order chi connectivity index (χ0) is 12.4. The minimum absolute atomic E-state index is 0.559. The fourth-order valence-electron chi connectivity index (χ4n) is 1.78. The molecule has 4 heteroatoms. The molecular formula is C13H13NO3. The Bertz CT molecular complexity index is 578. The Kier molecular flexibility index (Phi) is 2.95. The molecule has 2 aromatic rings. The summed E-state index contributed by atoms with van der Waals surface area (Å²) in [5, 5.41) is 0.777. The molecule has 0 saturated heterocycles. The van der Waals surface area contributed by atoms with Crippen LogP contribution in [-0.4, -0.2) is 25.5 Å². The number of methoxy groups -OCH3 is 2. The lowest BCUT2D eigenvalue weighted by Crippen LogP contribution is -1.96. The molecule has 0 radical (unpaired) electrons. The van der Waals surface area contributed by atoms with Crippen molar-refractivity contribution in [1.29, 1.82) is 0 Å². The molecule has 1 aromatic heterocycles. The summed E-state index contributed by atoms with van der Waals surface area (Å²) in [6.07, 6.45) is 0.792. The van der Waals surface area contributed by atoms with E-state index in [1.807, 2.05) is 0 Å². The summed E-state index contributed by atoms with van der Waals surface area (Å²) >= 11 is 0. The number of aldehydes is 1. The second-order valence-corrected chi connectivity index (χ2v) is 3.65. The highest BCUT2D eigenvalue weighted by molar-refractivity contribution is 5.94. The Balaban J connectivity index is 2.86. The number of nitrogens with zero attached hydrogens (tertiary/aromatic N) is 1. The van der Waals surface area contributed by atoms with Crippen molar-refractivity contribution in [2.75, 3.05) is 14.2 Å². The highest BCUT2D eigenvalue weighted by Gasteiger charge is 2.11. The lowest BCUT2D eigenvalue weighted by Gasteiger charge is -2.10. The van der Waals surface area contributed by atoms with Crippen molar-refractivity contribution in [3.05, 3.63) is 29.5 Å². The van der Waals surface area contributed by atoms with Gasteiger partial charge in [0.1, 0.15) is 17.0 Å². The molecule has 1 heterocycles. The molecule has 88 valence electrons. The molecule has 0 atom stereocenters. The van der Waals surface area contributed by atoms with Gasteiger partial charge in [0.15, 0.2) is 6.29 Å². The molecule has 1 aromatic carbocycles. The minimum atomic E-state index is 0.559. The van der Waals surface area contributed by atoms with Crippen molar-refractivity contribution in [3.63, 3.8) is 0 Å². The van der Waals surface area contributed by atoms with Crippen LogP contribution in [0.1, 0.15) is 16.1 Å². The number of hydrogen-bond donors (Lipinski definition) is 0. The number of hydrogen-bond acceptors (Lipinski definition) is 4. The Hall–Kier alpha value is -2.10. The molecular weight excluding hydrogens is 218 g/mol. The first-order valence-corrected chi connectivity index (χ1v) is 5.18. The van der Waals surface area contributed by atoms with E-state index >= 15 is 0 Å². The van der Waals surface area contributed by atoms with Gasteiger partial charge in [-0.1, -0.05) is 0 Å². The predicted octanol–water partition coefficient (Wildman–Crippen LogP) is 2.37. The fraction of sp³-hybridized carbons (Fsp3) is 0.231. The number of aromatic nitrogens is 1. The maximum Gasteiger partial charge on any atom is 0.151 e. The van der Waals surface area contributed by atoms with E-state index in [1.165, 1.54) is 0 Å². The van der Waals surface area contributed by atoms with Crippen LogP contribution in [-0.2, 0) is 0 Å². The first kappa shape index (κ1) is 11.4. The van der Waals surface area contributed by atoms with Crippen LogP contribution >= 0.6 is 0 Å². The summed E-state index contributed by atoms with van der Waals surface area (Å²) in [7, 11) is 3.17. The highest BCUT2D eigenvalue weighted by Crippen LogP contribution is 2.32. The van der Waals surface area contributed by atoms with Gasteiger partial charge in [0.25, 0.3) is 0 Å². The third-order valence-electron chi connectivity index (χ3n) is 2.70. The van der Waals surface area contributed by atoms with Gasteiger partial charge in [-0.05, 0) is 25.1 Å². The number of pyridine rings is 1. The number of carbonyl (C=O) groups is 1. The molecule has 0 saturated carbocycles. The van der Waals surface area contributed by atoms with Crippen LogP contribution in [0.15, 0.2) is 18.2 Å². The zero-order valence-corrected chi connectivity index (χ0v) is 9.98. The first-order valence-electron chi connectivity index (χ1n) is 5.18. The van der Waals surface area contributed by atoms with E-state index in [4.69, 9.17) is 9.47 Å². The maximum atomic E-state index is 10.9. The maximum absolute atomic E-state index is 10.9. The van der Waals surface area contributed by atoms with E-state index in [0.717, 1.165) is 11.7 Å². The van der Waals surface area contributed by atoms with Gasteiger partial charge in [0.05, 0.1) is 14.2 Å². The first-order chi connectivity index (χ1) is 8.21. The molecule has 0 fully saturated rings. The minimum Gasteiger partial charge on any atom is -0.496 e. The van der Waals surface area contributed by atoms with Crippen molar-refractivity contribution in [2.24, 2.45) is 0 Å². The zero-order valence-electron chi connectivity index (χ0n) is 9.98. The van der Waals surface area contributed by atoms with Gasteiger partial charge in [0, 0.05) is 16.6 Å². The van der Waals surface area contributed by atoms with Crippen LogP contribution in [0.3, 0.4) is 0 Å². The normalized spacial score (nSPS) is 10.3. The van der Waals surface area contributed by atoms with Crippen molar-refractivity contribution < 1.29 is 14.3 Å². The van der Waals surface area contributed by atoms with E-state index in [-0.39, 0.29) is 0 Å². The monoisotopic (exact) mass is 231 g/mol. The number of benzene rings is 1. The second-order valence-electron chi connectivity index (χ2n) is 3.65. The third kappa shape index (κ3) is 1.82. The molecule has 17 heavy (non-hydrogen) atoms. The second kappa shape index (κ2) is 4.41. The molecule has 0 bridgehead atoms. The van der Waals surface area contributed by atoms with Gasteiger partial charge in [-0.15, -0.1) is 0 Å². The molecule has 0 N–H and O–H groups in total.